The van der Waals surface area contributed by atoms with Crippen molar-refractivity contribution in [2.45, 2.75) is 44.6 Å². The summed E-state index contributed by atoms with van der Waals surface area (Å²) in [6.07, 6.45) is 6.55. The topological polar surface area (TPSA) is 107 Å². The Kier molecular flexibility index (Phi) is 5.92. The maximum absolute atomic E-state index is 12.2. The number of nitro benzene ring substituents is 1. The molecule has 1 unspecified atom stereocenters. The number of ether oxygens (including phenoxy) is 1. The molecular formula is C16H23N3O4. The average molecular weight is 321 g/mol. The Hall–Kier alpha value is -2.15. The van der Waals surface area contributed by atoms with Crippen molar-refractivity contribution in [3.63, 3.8) is 0 Å². The van der Waals surface area contributed by atoms with Crippen molar-refractivity contribution in [3.8, 4) is 5.75 Å². The minimum atomic E-state index is -0.598. The van der Waals surface area contributed by atoms with Crippen LogP contribution in [0.2, 0.25) is 0 Å². The lowest BCUT2D eigenvalue weighted by atomic mass is 9.85. The Morgan fingerprint density at radius 1 is 1.43 bits per heavy atom. The third kappa shape index (κ3) is 4.66. The van der Waals surface area contributed by atoms with E-state index in [2.05, 4.69) is 5.32 Å². The van der Waals surface area contributed by atoms with Crippen LogP contribution in [0.5, 0.6) is 5.75 Å². The molecule has 1 fully saturated rings. The molecule has 126 valence electrons. The Bertz CT molecular complexity index is 570. The summed E-state index contributed by atoms with van der Waals surface area (Å²) in [5, 5.41) is 13.7. The van der Waals surface area contributed by atoms with E-state index >= 15 is 0 Å². The molecule has 1 saturated carbocycles. The zero-order valence-electron chi connectivity index (χ0n) is 13.3. The molecule has 2 rings (SSSR count). The molecule has 3 N–H and O–H groups in total. The van der Waals surface area contributed by atoms with E-state index in [9.17, 15) is 14.9 Å². The molecule has 1 amide bonds. The van der Waals surface area contributed by atoms with Crippen LogP contribution in [-0.4, -0.2) is 24.0 Å². The number of benzene rings is 1. The molecule has 0 aliphatic heterocycles. The number of carbonyl (C=O) groups is 1. The highest BCUT2D eigenvalue weighted by Gasteiger charge is 2.22. The molecule has 1 aliphatic rings. The van der Waals surface area contributed by atoms with Crippen molar-refractivity contribution in [1.82, 2.24) is 0 Å². The van der Waals surface area contributed by atoms with Crippen molar-refractivity contribution < 1.29 is 14.5 Å². The van der Waals surface area contributed by atoms with E-state index in [1.165, 1.54) is 38.5 Å². The SMILES string of the molecule is COc1ccc(NC(=O)C(N)CC2CCCCC2)cc1[N+](=O)[O-]. The third-order valence-electron chi connectivity index (χ3n) is 4.29. The first-order valence-corrected chi connectivity index (χ1v) is 7.90. The highest BCUT2D eigenvalue weighted by Crippen LogP contribution is 2.30. The molecule has 7 heteroatoms. The summed E-state index contributed by atoms with van der Waals surface area (Å²) in [6, 6.07) is 3.71. The van der Waals surface area contributed by atoms with Crippen LogP contribution in [0.15, 0.2) is 18.2 Å². The highest BCUT2D eigenvalue weighted by atomic mass is 16.6. The first kappa shape index (κ1) is 17.2. The molecule has 7 nitrogen and oxygen atoms in total. The summed E-state index contributed by atoms with van der Waals surface area (Å²) in [5.74, 6) is 0.337. The largest absolute Gasteiger partial charge is 0.490 e. The van der Waals surface area contributed by atoms with E-state index in [-0.39, 0.29) is 17.3 Å². The second kappa shape index (κ2) is 7.92. The lowest BCUT2D eigenvalue weighted by Gasteiger charge is -2.24. The normalized spacial score (nSPS) is 16.6. The van der Waals surface area contributed by atoms with Gasteiger partial charge < -0.3 is 15.8 Å². The summed E-state index contributed by atoms with van der Waals surface area (Å²) >= 11 is 0. The van der Waals surface area contributed by atoms with Gasteiger partial charge in [-0.05, 0) is 24.5 Å². The molecule has 1 aliphatic carbocycles. The van der Waals surface area contributed by atoms with Gasteiger partial charge in [0.25, 0.3) is 0 Å². The van der Waals surface area contributed by atoms with E-state index < -0.39 is 11.0 Å². The number of nitro groups is 1. The van der Waals surface area contributed by atoms with Crippen molar-refractivity contribution in [3.05, 3.63) is 28.3 Å². The highest BCUT2D eigenvalue weighted by molar-refractivity contribution is 5.95. The molecule has 0 radical (unpaired) electrons. The fraction of sp³-hybridized carbons (Fsp3) is 0.562. The monoisotopic (exact) mass is 321 g/mol. The predicted molar refractivity (Wildman–Crippen MR) is 87.4 cm³/mol. The molecule has 0 saturated heterocycles. The summed E-state index contributed by atoms with van der Waals surface area (Å²) in [7, 11) is 1.36. The predicted octanol–water partition coefficient (Wildman–Crippen LogP) is 2.84. The Morgan fingerprint density at radius 3 is 2.74 bits per heavy atom. The molecule has 0 spiro atoms. The fourth-order valence-electron chi connectivity index (χ4n) is 3.03. The lowest BCUT2D eigenvalue weighted by molar-refractivity contribution is -0.385. The van der Waals surface area contributed by atoms with Gasteiger partial charge in [0, 0.05) is 11.8 Å². The van der Waals surface area contributed by atoms with E-state index in [4.69, 9.17) is 10.5 Å². The van der Waals surface area contributed by atoms with E-state index in [0.717, 1.165) is 12.8 Å². The maximum Gasteiger partial charge on any atom is 0.312 e. The van der Waals surface area contributed by atoms with E-state index in [1.807, 2.05) is 0 Å². The van der Waals surface area contributed by atoms with E-state index in [1.54, 1.807) is 6.07 Å². The smallest absolute Gasteiger partial charge is 0.312 e. The minimum Gasteiger partial charge on any atom is -0.490 e. The van der Waals surface area contributed by atoms with E-state index in [0.29, 0.717) is 18.0 Å². The summed E-state index contributed by atoms with van der Waals surface area (Å²) < 4.78 is 4.94. The van der Waals surface area contributed by atoms with Gasteiger partial charge in [-0.2, -0.15) is 0 Å². The number of nitrogens with two attached hydrogens (primary N) is 1. The van der Waals surface area contributed by atoms with Gasteiger partial charge in [0.1, 0.15) is 0 Å². The molecule has 1 aromatic rings. The third-order valence-corrected chi connectivity index (χ3v) is 4.29. The number of nitrogens with one attached hydrogen (secondary N) is 1. The summed E-state index contributed by atoms with van der Waals surface area (Å²) in [5.41, 5.74) is 6.14. The lowest BCUT2D eigenvalue weighted by Crippen LogP contribution is -2.37. The van der Waals surface area contributed by atoms with Crippen LogP contribution < -0.4 is 15.8 Å². The maximum atomic E-state index is 12.2. The molecule has 0 heterocycles. The van der Waals surface area contributed by atoms with Gasteiger partial charge in [-0.3, -0.25) is 14.9 Å². The summed E-state index contributed by atoms with van der Waals surface area (Å²) in [6.45, 7) is 0. The van der Waals surface area contributed by atoms with Gasteiger partial charge in [0.15, 0.2) is 5.75 Å². The number of methoxy groups -OCH3 is 1. The zero-order valence-corrected chi connectivity index (χ0v) is 13.3. The standard InChI is InChI=1S/C16H23N3O4/c1-23-15-8-7-12(10-14(15)19(21)22)18-16(20)13(17)9-11-5-3-2-4-6-11/h7-8,10-11,13H,2-6,9,17H2,1H3,(H,18,20). The molecular weight excluding hydrogens is 298 g/mol. The first-order chi connectivity index (χ1) is 11.0. The zero-order chi connectivity index (χ0) is 16.8. The second-order valence-corrected chi connectivity index (χ2v) is 5.98. The van der Waals surface area contributed by atoms with Crippen LogP contribution in [0.25, 0.3) is 0 Å². The van der Waals surface area contributed by atoms with Gasteiger partial charge >= 0.3 is 5.69 Å². The van der Waals surface area contributed by atoms with Gasteiger partial charge in [0.05, 0.1) is 18.1 Å². The number of anilines is 1. The van der Waals surface area contributed by atoms with Crippen molar-refractivity contribution >= 4 is 17.3 Å². The van der Waals surface area contributed by atoms with Crippen molar-refractivity contribution in [2.75, 3.05) is 12.4 Å². The number of hydrogen-bond donors (Lipinski definition) is 2. The molecule has 23 heavy (non-hydrogen) atoms. The van der Waals surface area contributed by atoms with Crippen LogP contribution in [0.1, 0.15) is 38.5 Å². The Labute approximate surface area is 135 Å². The fourth-order valence-corrected chi connectivity index (χ4v) is 3.03. The van der Waals surface area contributed by atoms with Gasteiger partial charge in [-0.1, -0.05) is 32.1 Å². The average Bonchev–Trinajstić information content (AvgIpc) is 2.55. The Balaban J connectivity index is 1.98. The quantitative estimate of drug-likeness (QED) is 0.619. The number of hydrogen-bond acceptors (Lipinski definition) is 5. The van der Waals surface area contributed by atoms with Crippen molar-refractivity contribution in [2.24, 2.45) is 11.7 Å². The van der Waals surface area contributed by atoms with Gasteiger partial charge in [-0.25, -0.2) is 0 Å². The second-order valence-electron chi connectivity index (χ2n) is 5.98. The number of nitrogens with zero attached hydrogens (tertiary/aromatic N) is 1. The van der Waals surface area contributed by atoms with Crippen molar-refractivity contribution in [1.29, 1.82) is 0 Å². The molecule has 0 aromatic heterocycles. The van der Waals surface area contributed by atoms with Crippen LogP contribution in [0.3, 0.4) is 0 Å². The Morgan fingerprint density at radius 2 is 2.13 bits per heavy atom. The molecule has 1 aromatic carbocycles. The minimum absolute atomic E-state index is 0.152. The van der Waals surface area contributed by atoms with Crippen LogP contribution in [0.4, 0.5) is 11.4 Å². The molecule has 1 atom stereocenters. The van der Waals surface area contributed by atoms with Gasteiger partial charge in [-0.15, -0.1) is 0 Å². The van der Waals surface area contributed by atoms with Crippen LogP contribution in [0, 0.1) is 16.0 Å². The number of rotatable bonds is 6. The number of carbonyl (C=O) groups excluding carboxylic acids is 1. The molecule has 0 bridgehead atoms. The summed E-state index contributed by atoms with van der Waals surface area (Å²) in [4.78, 5) is 22.6. The van der Waals surface area contributed by atoms with Crippen LogP contribution >= 0.6 is 0 Å². The first-order valence-electron chi connectivity index (χ1n) is 7.90. The van der Waals surface area contributed by atoms with Gasteiger partial charge in [0.2, 0.25) is 5.91 Å². The number of amides is 1. The van der Waals surface area contributed by atoms with Crippen LogP contribution in [-0.2, 0) is 4.79 Å².